The van der Waals surface area contributed by atoms with Gasteiger partial charge in [0.05, 0.1) is 29.3 Å². The first-order valence-corrected chi connectivity index (χ1v) is 12.9. The molecule has 2 aromatic carbocycles. The second-order valence-corrected chi connectivity index (χ2v) is 11.0. The standard InChI is InChI=1S/C26H31Cl2F2N3O4/c27-14-4-5-17(19(29)10-14)26(31)20(11-25(13-35)7-8-25)33-23(24(37)32-9-6-15(36)12-34)21(26)16-2-1-3-18(28)22(16)30/h1-5,10,15,20-21,23,33-36H,6-9,11-13,31H2,(H,32,37)/t15-,20-,21-,23+,26+/m0/s1. The highest BCUT2D eigenvalue weighted by atomic mass is 35.5. The van der Waals surface area contributed by atoms with Crippen molar-refractivity contribution >= 4 is 29.1 Å². The average molecular weight is 558 g/mol. The Hall–Kier alpha value is -1.85. The molecule has 0 spiro atoms. The molecular weight excluding hydrogens is 527 g/mol. The SMILES string of the molecule is N[C@]1(c2ccc(Cl)cc2F)[C@H](CC2(CO)CC2)N[C@@H](C(=O)NCC[C@H](O)CO)[C@@H]1c1cccc(Cl)c1F. The van der Waals surface area contributed by atoms with Crippen molar-refractivity contribution in [1.82, 2.24) is 10.6 Å². The van der Waals surface area contributed by atoms with E-state index in [1.54, 1.807) is 0 Å². The Bertz CT molecular complexity index is 1150. The van der Waals surface area contributed by atoms with Crippen LogP contribution in [0.4, 0.5) is 8.78 Å². The topological polar surface area (TPSA) is 128 Å². The number of hydrogen-bond acceptors (Lipinski definition) is 6. The maximum Gasteiger partial charge on any atom is 0.237 e. The van der Waals surface area contributed by atoms with Crippen LogP contribution in [0.2, 0.25) is 10.0 Å². The summed E-state index contributed by atoms with van der Waals surface area (Å²) >= 11 is 12.1. The first kappa shape index (κ1) is 28.2. The molecule has 1 saturated carbocycles. The molecule has 4 rings (SSSR count). The Labute approximate surface area is 224 Å². The van der Waals surface area contributed by atoms with Crippen LogP contribution in [-0.4, -0.2) is 59.2 Å². The number of aliphatic hydroxyl groups excluding tert-OH is 3. The summed E-state index contributed by atoms with van der Waals surface area (Å²) in [5, 5.41) is 34.6. The van der Waals surface area contributed by atoms with Gasteiger partial charge in [-0.25, -0.2) is 8.78 Å². The number of amides is 1. The second kappa shape index (κ2) is 11.1. The van der Waals surface area contributed by atoms with E-state index in [-0.39, 0.29) is 40.7 Å². The Kier molecular flexibility index (Phi) is 8.45. The zero-order chi connectivity index (χ0) is 27.0. The van der Waals surface area contributed by atoms with Crippen molar-refractivity contribution in [3.05, 3.63) is 69.2 Å². The summed E-state index contributed by atoms with van der Waals surface area (Å²) in [5.41, 5.74) is 5.14. The lowest BCUT2D eigenvalue weighted by Crippen LogP contribution is -2.52. The fourth-order valence-electron chi connectivity index (χ4n) is 5.39. The quantitative estimate of drug-likeness (QED) is 0.266. The van der Waals surface area contributed by atoms with Gasteiger partial charge >= 0.3 is 0 Å². The number of carbonyl (C=O) groups excluding carboxylic acids is 1. The van der Waals surface area contributed by atoms with Crippen LogP contribution in [0.1, 0.15) is 42.7 Å². The van der Waals surface area contributed by atoms with Gasteiger partial charge in [-0.2, -0.15) is 0 Å². The lowest BCUT2D eigenvalue weighted by molar-refractivity contribution is -0.123. The Morgan fingerprint density at radius 3 is 2.57 bits per heavy atom. The van der Waals surface area contributed by atoms with Gasteiger partial charge < -0.3 is 31.7 Å². The lowest BCUT2D eigenvalue weighted by Gasteiger charge is -2.39. The second-order valence-electron chi connectivity index (χ2n) is 10.2. The van der Waals surface area contributed by atoms with E-state index in [1.807, 2.05) is 0 Å². The molecule has 0 unspecified atom stereocenters. The van der Waals surface area contributed by atoms with E-state index in [4.69, 9.17) is 34.0 Å². The van der Waals surface area contributed by atoms with Crippen LogP contribution in [0, 0.1) is 17.0 Å². The summed E-state index contributed by atoms with van der Waals surface area (Å²) in [6.07, 6.45) is 0.900. The van der Waals surface area contributed by atoms with Crippen LogP contribution in [-0.2, 0) is 10.3 Å². The average Bonchev–Trinajstić information content (AvgIpc) is 3.58. The highest BCUT2D eigenvalue weighted by Gasteiger charge is 2.60. The summed E-state index contributed by atoms with van der Waals surface area (Å²) in [7, 11) is 0. The first-order valence-electron chi connectivity index (χ1n) is 12.2. The smallest absolute Gasteiger partial charge is 0.237 e. The normalized spacial score (nSPS) is 27.2. The summed E-state index contributed by atoms with van der Waals surface area (Å²) < 4.78 is 31.0. The third kappa shape index (κ3) is 5.49. The highest BCUT2D eigenvalue weighted by Crippen LogP contribution is 2.55. The molecule has 1 heterocycles. The summed E-state index contributed by atoms with van der Waals surface area (Å²) in [6, 6.07) is 6.61. The number of benzene rings is 2. The number of nitrogens with one attached hydrogen (secondary N) is 2. The molecule has 0 radical (unpaired) electrons. The van der Waals surface area contributed by atoms with Crippen molar-refractivity contribution in [2.24, 2.45) is 11.1 Å². The van der Waals surface area contributed by atoms with Crippen LogP contribution in [0.25, 0.3) is 0 Å². The highest BCUT2D eigenvalue weighted by molar-refractivity contribution is 6.31. The van der Waals surface area contributed by atoms with E-state index in [9.17, 15) is 15.0 Å². The number of rotatable bonds is 10. The predicted octanol–water partition coefficient (Wildman–Crippen LogP) is 2.57. The van der Waals surface area contributed by atoms with Crippen LogP contribution < -0.4 is 16.4 Å². The Morgan fingerprint density at radius 1 is 1.22 bits per heavy atom. The molecule has 1 aliphatic carbocycles. The van der Waals surface area contributed by atoms with Gasteiger partial charge in [0.2, 0.25) is 5.91 Å². The van der Waals surface area contributed by atoms with Crippen molar-refractivity contribution in [1.29, 1.82) is 0 Å². The number of aliphatic hydroxyl groups is 3. The summed E-state index contributed by atoms with van der Waals surface area (Å²) in [4.78, 5) is 13.5. The van der Waals surface area contributed by atoms with Crippen molar-refractivity contribution in [2.75, 3.05) is 19.8 Å². The molecule has 37 heavy (non-hydrogen) atoms. The number of carbonyl (C=O) groups is 1. The van der Waals surface area contributed by atoms with Gasteiger partial charge in [-0.15, -0.1) is 0 Å². The van der Waals surface area contributed by atoms with Gasteiger partial charge in [0.25, 0.3) is 0 Å². The van der Waals surface area contributed by atoms with Crippen LogP contribution in [0.3, 0.4) is 0 Å². The molecule has 11 heteroatoms. The van der Waals surface area contributed by atoms with Crippen molar-refractivity contribution < 1.29 is 28.9 Å². The Morgan fingerprint density at radius 2 is 1.95 bits per heavy atom. The van der Waals surface area contributed by atoms with Crippen LogP contribution >= 0.6 is 23.2 Å². The molecule has 2 fully saturated rings. The van der Waals surface area contributed by atoms with Crippen molar-refractivity contribution in [3.8, 4) is 0 Å². The van der Waals surface area contributed by atoms with Gasteiger partial charge in [0.15, 0.2) is 0 Å². The fraction of sp³-hybridized carbons (Fsp3) is 0.500. The molecule has 7 nitrogen and oxygen atoms in total. The fourth-order valence-corrected chi connectivity index (χ4v) is 5.73. The van der Waals surface area contributed by atoms with E-state index in [1.165, 1.54) is 30.3 Å². The van der Waals surface area contributed by atoms with E-state index in [0.717, 1.165) is 18.9 Å². The minimum atomic E-state index is -1.63. The predicted molar refractivity (Wildman–Crippen MR) is 136 cm³/mol. The third-order valence-electron chi connectivity index (χ3n) is 7.72. The summed E-state index contributed by atoms with van der Waals surface area (Å²) in [5.74, 6) is -3.09. The van der Waals surface area contributed by atoms with Gasteiger partial charge in [-0.05, 0) is 54.9 Å². The lowest BCUT2D eigenvalue weighted by atomic mass is 9.69. The maximum absolute atomic E-state index is 15.5. The van der Waals surface area contributed by atoms with Gasteiger partial charge in [0, 0.05) is 35.7 Å². The van der Waals surface area contributed by atoms with Crippen molar-refractivity contribution in [2.45, 2.75) is 55.3 Å². The zero-order valence-electron chi connectivity index (χ0n) is 20.1. The minimum absolute atomic E-state index is 0.0433. The molecular formula is C26H31Cl2F2N3O4. The number of hydrogen-bond donors (Lipinski definition) is 6. The van der Waals surface area contributed by atoms with E-state index < -0.39 is 59.2 Å². The monoisotopic (exact) mass is 557 g/mol. The van der Waals surface area contributed by atoms with Crippen molar-refractivity contribution in [3.63, 3.8) is 0 Å². The maximum atomic E-state index is 15.5. The van der Waals surface area contributed by atoms with Crippen LogP contribution in [0.5, 0.6) is 0 Å². The molecule has 0 aromatic heterocycles. The van der Waals surface area contributed by atoms with Crippen LogP contribution in [0.15, 0.2) is 36.4 Å². The molecule has 1 amide bonds. The largest absolute Gasteiger partial charge is 0.396 e. The molecule has 1 saturated heterocycles. The summed E-state index contributed by atoms with van der Waals surface area (Å²) in [6.45, 7) is -0.515. The number of nitrogens with two attached hydrogens (primary N) is 1. The van der Waals surface area contributed by atoms with E-state index >= 15 is 8.78 Å². The first-order chi connectivity index (χ1) is 17.6. The molecule has 1 aliphatic heterocycles. The van der Waals surface area contributed by atoms with E-state index in [0.29, 0.717) is 6.42 Å². The van der Waals surface area contributed by atoms with Gasteiger partial charge in [-0.3, -0.25) is 4.79 Å². The minimum Gasteiger partial charge on any atom is -0.396 e. The van der Waals surface area contributed by atoms with E-state index in [2.05, 4.69) is 10.6 Å². The van der Waals surface area contributed by atoms with Gasteiger partial charge in [0.1, 0.15) is 11.6 Å². The molecule has 202 valence electrons. The molecule has 2 aromatic rings. The third-order valence-corrected chi connectivity index (χ3v) is 8.25. The number of halogens is 4. The molecule has 0 bridgehead atoms. The molecule has 5 atom stereocenters. The Balaban J connectivity index is 1.83. The zero-order valence-corrected chi connectivity index (χ0v) is 21.6. The molecule has 7 N–H and O–H groups in total. The van der Waals surface area contributed by atoms with Gasteiger partial charge in [-0.1, -0.05) is 41.4 Å². The molecule has 2 aliphatic rings.